The SMILES string of the molecule is N#COc1ccc(Cc2ccccc2N=C=O)cc1. The van der Waals surface area contributed by atoms with Gasteiger partial charge in [0.05, 0.1) is 5.69 Å². The topological polar surface area (TPSA) is 62.4 Å². The first kappa shape index (κ1) is 12.6. The fraction of sp³-hybridized carbons (Fsp3) is 0.0667. The molecule has 0 aliphatic heterocycles. The van der Waals surface area contributed by atoms with Crippen LogP contribution in [0, 0.1) is 11.5 Å². The molecule has 92 valence electrons. The van der Waals surface area contributed by atoms with Crippen LogP contribution in [0.2, 0.25) is 0 Å². The second kappa shape index (κ2) is 6.15. The summed E-state index contributed by atoms with van der Waals surface area (Å²) < 4.78 is 4.71. The average molecular weight is 250 g/mol. The molecule has 0 spiro atoms. The smallest absolute Gasteiger partial charge is 0.292 e. The van der Waals surface area contributed by atoms with E-state index in [-0.39, 0.29) is 0 Å². The van der Waals surface area contributed by atoms with Gasteiger partial charge in [0.1, 0.15) is 5.75 Å². The summed E-state index contributed by atoms with van der Waals surface area (Å²) in [7, 11) is 0. The number of aliphatic imine (C=N–C) groups is 1. The van der Waals surface area contributed by atoms with E-state index in [1.165, 1.54) is 0 Å². The van der Waals surface area contributed by atoms with Gasteiger partial charge in [-0.3, -0.25) is 0 Å². The van der Waals surface area contributed by atoms with Crippen LogP contribution in [0.5, 0.6) is 5.75 Å². The molecule has 0 heterocycles. The van der Waals surface area contributed by atoms with Crippen molar-refractivity contribution in [2.24, 2.45) is 4.99 Å². The van der Waals surface area contributed by atoms with Crippen molar-refractivity contribution in [1.82, 2.24) is 0 Å². The van der Waals surface area contributed by atoms with Crippen molar-refractivity contribution in [3.63, 3.8) is 0 Å². The van der Waals surface area contributed by atoms with E-state index in [1.54, 1.807) is 30.5 Å². The van der Waals surface area contributed by atoms with Crippen LogP contribution < -0.4 is 4.74 Å². The Morgan fingerprint density at radius 3 is 2.53 bits per heavy atom. The van der Waals surface area contributed by atoms with Gasteiger partial charge in [0, 0.05) is 0 Å². The number of rotatable bonds is 4. The van der Waals surface area contributed by atoms with Gasteiger partial charge in [-0.2, -0.15) is 4.99 Å². The molecule has 0 N–H and O–H groups in total. The van der Waals surface area contributed by atoms with Crippen LogP contribution in [0.25, 0.3) is 0 Å². The minimum absolute atomic E-state index is 0.505. The van der Waals surface area contributed by atoms with E-state index in [0.717, 1.165) is 11.1 Å². The first-order valence-corrected chi connectivity index (χ1v) is 5.64. The van der Waals surface area contributed by atoms with Gasteiger partial charge >= 0.3 is 0 Å². The zero-order valence-corrected chi connectivity index (χ0v) is 10.0. The van der Waals surface area contributed by atoms with E-state index >= 15 is 0 Å². The number of nitriles is 1. The summed E-state index contributed by atoms with van der Waals surface area (Å²) in [4.78, 5) is 14.0. The summed E-state index contributed by atoms with van der Waals surface area (Å²) >= 11 is 0. The normalized spacial score (nSPS) is 9.21. The molecule has 0 bridgehead atoms. The third kappa shape index (κ3) is 3.29. The lowest BCUT2D eigenvalue weighted by molar-refractivity contribution is 0.507. The van der Waals surface area contributed by atoms with Gasteiger partial charge in [0.2, 0.25) is 6.08 Å². The van der Waals surface area contributed by atoms with Gasteiger partial charge in [-0.1, -0.05) is 30.3 Å². The van der Waals surface area contributed by atoms with Gasteiger partial charge < -0.3 is 4.74 Å². The summed E-state index contributed by atoms with van der Waals surface area (Å²) in [5, 5.41) is 8.40. The third-order valence-corrected chi connectivity index (χ3v) is 2.64. The highest BCUT2D eigenvalue weighted by Crippen LogP contribution is 2.22. The third-order valence-electron chi connectivity index (χ3n) is 2.64. The van der Waals surface area contributed by atoms with E-state index in [4.69, 9.17) is 10.00 Å². The van der Waals surface area contributed by atoms with Crippen molar-refractivity contribution in [3.05, 3.63) is 59.7 Å². The second-order valence-corrected chi connectivity index (χ2v) is 3.85. The van der Waals surface area contributed by atoms with Crippen molar-refractivity contribution >= 4 is 11.8 Å². The highest BCUT2D eigenvalue weighted by molar-refractivity contribution is 5.54. The fourth-order valence-corrected chi connectivity index (χ4v) is 1.77. The highest BCUT2D eigenvalue weighted by atomic mass is 16.5. The molecular weight excluding hydrogens is 240 g/mol. The molecule has 0 radical (unpaired) electrons. The summed E-state index contributed by atoms with van der Waals surface area (Å²) in [5.41, 5.74) is 2.61. The zero-order valence-electron chi connectivity index (χ0n) is 10.0. The Bertz CT molecular complexity index is 651. The van der Waals surface area contributed by atoms with E-state index < -0.39 is 0 Å². The van der Waals surface area contributed by atoms with E-state index in [2.05, 4.69) is 4.99 Å². The predicted molar refractivity (Wildman–Crippen MR) is 69.7 cm³/mol. The van der Waals surface area contributed by atoms with Crippen molar-refractivity contribution < 1.29 is 9.53 Å². The van der Waals surface area contributed by atoms with Crippen LogP contribution in [0.1, 0.15) is 11.1 Å². The maximum Gasteiger partial charge on any atom is 0.292 e. The first-order valence-electron chi connectivity index (χ1n) is 5.64. The van der Waals surface area contributed by atoms with Crippen molar-refractivity contribution in [1.29, 1.82) is 5.26 Å². The molecule has 0 aromatic heterocycles. The van der Waals surface area contributed by atoms with Crippen molar-refractivity contribution in [2.45, 2.75) is 6.42 Å². The lowest BCUT2D eigenvalue weighted by atomic mass is 10.0. The Kier molecular flexibility index (Phi) is 4.07. The van der Waals surface area contributed by atoms with Crippen LogP contribution in [0.15, 0.2) is 53.5 Å². The minimum atomic E-state index is 0.505. The molecule has 2 aromatic carbocycles. The van der Waals surface area contributed by atoms with Crippen LogP contribution in [-0.2, 0) is 11.2 Å². The number of ether oxygens (including phenoxy) is 1. The molecule has 2 rings (SSSR count). The molecule has 0 amide bonds. The Morgan fingerprint density at radius 2 is 1.84 bits per heavy atom. The molecule has 2 aromatic rings. The van der Waals surface area contributed by atoms with E-state index in [0.29, 0.717) is 17.9 Å². The van der Waals surface area contributed by atoms with Crippen LogP contribution in [0.4, 0.5) is 5.69 Å². The lowest BCUT2D eigenvalue weighted by Crippen LogP contribution is -1.89. The zero-order chi connectivity index (χ0) is 13.5. The average Bonchev–Trinajstić information content (AvgIpc) is 2.44. The Balaban J connectivity index is 2.21. The second-order valence-electron chi connectivity index (χ2n) is 3.85. The van der Waals surface area contributed by atoms with E-state index in [1.807, 2.05) is 30.3 Å². The van der Waals surface area contributed by atoms with Gasteiger partial charge in [-0.15, -0.1) is 5.26 Å². The molecule has 0 saturated heterocycles. The van der Waals surface area contributed by atoms with Gasteiger partial charge in [0.25, 0.3) is 6.26 Å². The van der Waals surface area contributed by atoms with Crippen LogP contribution in [0.3, 0.4) is 0 Å². The maximum atomic E-state index is 10.4. The van der Waals surface area contributed by atoms with Gasteiger partial charge in [0.15, 0.2) is 0 Å². The molecule has 0 fully saturated rings. The molecule has 4 heteroatoms. The number of para-hydroxylation sites is 1. The minimum Gasteiger partial charge on any atom is -0.388 e. The molecule has 19 heavy (non-hydrogen) atoms. The first-order chi connectivity index (χ1) is 9.33. The number of carbonyl (C=O) groups excluding carboxylic acids is 1. The predicted octanol–water partition coefficient (Wildman–Crippen LogP) is 3.10. The standard InChI is InChI=1S/C15H10N2O2/c16-10-19-14-7-5-12(6-8-14)9-13-3-1-2-4-15(13)17-11-18/h1-8H,9H2. The molecule has 0 atom stereocenters. The molecular formula is C15H10N2O2. The number of isocyanates is 1. The lowest BCUT2D eigenvalue weighted by Gasteiger charge is -2.05. The summed E-state index contributed by atoms with van der Waals surface area (Å²) in [6, 6.07) is 14.6. The molecule has 4 nitrogen and oxygen atoms in total. The maximum absolute atomic E-state index is 10.4. The van der Waals surface area contributed by atoms with Crippen molar-refractivity contribution in [3.8, 4) is 12.0 Å². The van der Waals surface area contributed by atoms with Gasteiger partial charge in [-0.05, 0) is 35.7 Å². The number of hydrogen-bond donors (Lipinski definition) is 0. The number of nitrogens with zero attached hydrogens (tertiary/aromatic N) is 2. The number of benzene rings is 2. The number of hydrogen-bond acceptors (Lipinski definition) is 4. The molecule has 0 unspecified atom stereocenters. The van der Waals surface area contributed by atoms with Crippen molar-refractivity contribution in [2.75, 3.05) is 0 Å². The Morgan fingerprint density at radius 1 is 1.11 bits per heavy atom. The van der Waals surface area contributed by atoms with E-state index in [9.17, 15) is 4.79 Å². The summed E-state index contributed by atoms with van der Waals surface area (Å²) in [6.07, 6.45) is 3.82. The summed E-state index contributed by atoms with van der Waals surface area (Å²) in [6.45, 7) is 0. The molecule has 0 aliphatic carbocycles. The largest absolute Gasteiger partial charge is 0.388 e. The van der Waals surface area contributed by atoms with Gasteiger partial charge in [-0.25, -0.2) is 4.79 Å². The molecule has 0 saturated carbocycles. The summed E-state index contributed by atoms with van der Waals surface area (Å²) in [5.74, 6) is 0.505. The highest BCUT2D eigenvalue weighted by Gasteiger charge is 2.02. The fourth-order valence-electron chi connectivity index (χ4n) is 1.77. The Labute approximate surface area is 110 Å². The monoisotopic (exact) mass is 250 g/mol. The van der Waals surface area contributed by atoms with Crippen LogP contribution >= 0.6 is 0 Å². The quantitative estimate of drug-likeness (QED) is 0.476. The Hall–Kier alpha value is -2.89. The molecule has 0 aliphatic rings. The van der Waals surface area contributed by atoms with Crippen LogP contribution in [-0.4, -0.2) is 6.08 Å².